The number of likely N-dealkylation sites (tertiary alicyclic amines) is 1. The second-order valence-corrected chi connectivity index (χ2v) is 7.08. The zero-order chi connectivity index (χ0) is 13.5. The lowest BCUT2D eigenvalue weighted by Gasteiger charge is -2.14. The van der Waals surface area contributed by atoms with Crippen LogP contribution < -0.4 is 10.0 Å². The molecule has 0 bridgehead atoms. The van der Waals surface area contributed by atoms with Crippen LogP contribution in [0.15, 0.2) is 23.1 Å². The third-order valence-electron chi connectivity index (χ3n) is 3.81. The first kappa shape index (κ1) is 12.9. The topological polar surface area (TPSA) is 61.4 Å². The Morgan fingerprint density at radius 1 is 1.42 bits per heavy atom. The van der Waals surface area contributed by atoms with Crippen LogP contribution in [0.25, 0.3) is 0 Å². The molecule has 0 spiro atoms. The molecule has 1 atom stereocenters. The fourth-order valence-corrected chi connectivity index (χ4v) is 4.04. The van der Waals surface area contributed by atoms with Crippen LogP contribution in [0.5, 0.6) is 0 Å². The average molecular weight is 281 g/mol. The molecule has 19 heavy (non-hydrogen) atoms. The summed E-state index contributed by atoms with van der Waals surface area (Å²) in [7, 11) is -1.40. The molecule has 104 valence electrons. The molecule has 0 saturated carbocycles. The van der Waals surface area contributed by atoms with Crippen molar-refractivity contribution in [2.75, 3.05) is 32.0 Å². The van der Waals surface area contributed by atoms with E-state index >= 15 is 0 Å². The normalized spacial score (nSPS) is 23.3. The zero-order valence-electron chi connectivity index (χ0n) is 11.0. The first-order chi connectivity index (χ1) is 9.04. The molecular weight excluding hydrogens is 262 g/mol. The lowest BCUT2D eigenvalue weighted by Crippen LogP contribution is -2.36. The minimum atomic E-state index is -3.41. The van der Waals surface area contributed by atoms with Crippen molar-refractivity contribution in [3.8, 4) is 0 Å². The summed E-state index contributed by atoms with van der Waals surface area (Å²) in [5.74, 6) is 0. The maximum Gasteiger partial charge on any atom is 0.240 e. The van der Waals surface area contributed by atoms with Crippen LogP contribution in [0, 0.1) is 0 Å². The molecule has 1 saturated heterocycles. The van der Waals surface area contributed by atoms with Crippen molar-refractivity contribution in [1.29, 1.82) is 0 Å². The Bertz CT molecular complexity index is 586. The first-order valence-electron chi connectivity index (χ1n) is 6.62. The summed E-state index contributed by atoms with van der Waals surface area (Å²) in [6.07, 6.45) is 1.84. The summed E-state index contributed by atoms with van der Waals surface area (Å²) in [6.45, 7) is 2.61. The van der Waals surface area contributed by atoms with Crippen molar-refractivity contribution < 1.29 is 8.42 Å². The number of nitrogens with one attached hydrogen (secondary N) is 2. The summed E-state index contributed by atoms with van der Waals surface area (Å²) in [5.41, 5.74) is 2.14. The van der Waals surface area contributed by atoms with Gasteiger partial charge in [0.05, 0.1) is 4.90 Å². The third kappa shape index (κ3) is 2.61. The average Bonchev–Trinajstić information content (AvgIpc) is 2.96. The van der Waals surface area contributed by atoms with Gasteiger partial charge in [-0.2, -0.15) is 0 Å². The van der Waals surface area contributed by atoms with Gasteiger partial charge in [0.2, 0.25) is 10.0 Å². The number of fused-ring (bicyclic) bond motifs is 1. The molecule has 3 rings (SSSR count). The molecule has 2 heterocycles. The molecule has 0 amide bonds. The van der Waals surface area contributed by atoms with Crippen LogP contribution in [-0.4, -0.2) is 46.0 Å². The molecule has 1 unspecified atom stereocenters. The Labute approximate surface area is 114 Å². The quantitative estimate of drug-likeness (QED) is 0.853. The van der Waals surface area contributed by atoms with E-state index in [0.717, 1.165) is 38.2 Å². The fraction of sp³-hybridized carbons (Fsp3) is 0.538. The van der Waals surface area contributed by atoms with E-state index in [4.69, 9.17) is 0 Å². The van der Waals surface area contributed by atoms with Gasteiger partial charge in [-0.25, -0.2) is 13.1 Å². The van der Waals surface area contributed by atoms with Gasteiger partial charge in [-0.05, 0) is 44.1 Å². The Morgan fingerprint density at radius 2 is 2.26 bits per heavy atom. The molecular formula is C13H19N3O2S. The van der Waals surface area contributed by atoms with Crippen LogP contribution >= 0.6 is 0 Å². The molecule has 0 aromatic heterocycles. The number of hydrogen-bond donors (Lipinski definition) is 2. The maximum atomic E-state index is 12.3. The van der Waals surface area contributed by atoms with Gasteiger partial charge in [0.1, 0.15) is 0 Å². The van der Waals surface area contributed by atoms with Gasteiger partial charge >= 0.3 is 0 Å². The number of likely N-dealkylation sites (N-methyl/N-ethyl adjacent to an activating group) is 1. The molecule has 2 aliphatic rings. The van der Waals surface area contributed by atoms with E-state index in [1.807, 2.05) is 13.1 Å². The van der Waals surface area contributed by atoms with Crippen molar-refractivity contribution in [1.82, 2.24) is 9.62 Å². The lowest BCUT2D eigenvalue weighted by molar-refractivity contribution is 0.407. The number of hydrogen-bond acceptors (Lipinski definition) is 4. The van der Waals surface area contributed by atoms with Gasteiger partial charge in [-0.15, -0.1) is 0 Å². The van der Waals surface area contributed by atoms with Gasteiger partial charge < -0.3 is 10.2 Å². The summed E-state index contributed by atoms with van der Waals surface area (Å²) in [5, 5.41) is 3.21. The van der Waals surface area contributed by atoms with Gasteiger partial charge in [0.25, 0.3) is 0 Å². The second kappa shape index (κ2) is 4.77. The lowest BCUT2D eigenvalue weighted by atomic mass is 10.2. The van der Waals surface area contributed by atoms with Crippen molar-refractivity contribution in [3.05, 3.63) is 23.8 Å². The Hall–Kier alpha value is -1.11. The first-order valence-corrected chi connectivity index (χ1v) is 8.10. The number of benzene rings is 1. The summed E-state index contributed by atoms with van der Waals surface area (Å²) in [6, 6.07) is 5.37. The number of nitrogens with zero attached hydrogens (tertiary/aromatic N) is 1. The highest BCUT2D eigenvalue weighted by Gasteiger charge is 2.26. The van der Waals surface area contributed by atoms with E-state index < -0.39 is 10.0 Å². The van der Waals surface area contributed by atoms with Crippen molar-refractivity contribution in [3.63, 3.8) is 0 Å². The Balaban J connectivity index is 1.80. The Morgan fingerprint density at radius 3 is 3.00 bits per heavy atom. The van der Waals surface area contributed by atoms with E-state index in [-0.39, 0.29) is 6.04 Å². The molecule has 6 heteroatoms. The minimum absolute atomic E-state index is 0.0243. The van der Waals surface area contributed by atoms with E-state index in [1.54, 1.807) is 12.1 Å². The summed E-state index contributed by atoms with van der Waals surface area (Å²) >= 11 is 0. The standard InChI is InChI=1S/C13H19N3O2S/c1-16-7-5-11(9-16)15-19(17,18)12-3-2-10-4-6-14-13(10)8-12/h2-3,8,11,14-15H,4-7,9H2,1H3. The fourth-order valence-electron chi connectivity index (χ4n) is 2.76. The molecule has 1 aromatic rings. The monoisotopic (exact) mass is 281 g/mol. The van der Waals surface area contributed by atoms with Crippen molar-refractivity contribution in [2.45, 2.75) is 23.8 Å². The smallest absolute Gasteiger partial charge is 0.240 e. The highest BCUT2D eigenvalue weighted by Crippen LogP contribution is 2.25. The molecule has 0 aliphatic carbocycles. The molecule has 2 N–H and O–H groups in total. The number of anilines is 1. The highest BCUT2D eigenvalue weighted by atomic mass is 32.2. The zero-order valence-corrected chi connectivity index (χ0v) is 11.8. The summed E-state index contributed by atoms with van der Waals surface area (Å²) < 4.78 is 27.5. The van der Waals surface area contributed by atoms with Crippen molar-refractivity contribution in [2.24, 2.45) is 0 Å². The molecule has 1 aromatic carbocycles. The van der Waals surface area contributed by atoms with Crippen molar-refractivity contribution >= 4 is 15.7 Å². The number of sulfonamides is 1. The van der Waals surface area contributed by atoms with Gasteiger partial charge in [-0.1, -0.05) is 6.07 Å². The molecule has 1 fully saturated rings. The van der Waals surface area contributed by atoms with Gasteiger partial charge in [0.15, 0.2) is 0 Å². The van der Waals surface area contributed by atoms with Crippen LogP contribution in [0.3, 0.4) is 0 Å². The summed E-state index contributed by atoms with van der Waals surface area (Å²) in [4.78, 5) is 2.49. The van der Waals surface area contributed by atoms with E-state index in [9.17, 15) is 8.42 Å². The van der Waals surface area contributed by atoms with E-state index in [0.29, 0.717) is 4.90 Å². The maximum absolute atomic E-state index is 12.3. The van der Waals surface area contributed by atoms with Gasteiger partial charge in [0, 0.05) is 24.8 Å². The van der Waals surface area contributed by atoms with Crippen LogP contribution in [0.1, 0.15) is 12.0 Å². The Kier molecular flexibility index (Phi) is 3.24. The molecule has 2 aliphatic heterocycles. The predicted molar refractivity (Wildman–Crippen MR) is 74.9 cm³/mol. The molecule has 5 nitrogen and oxygen atoms in total. The number of rotatable bonds is 3. The largest absolute Gasteiger partial charge is 0.384 e. The van der Waals surface area contributed by atoms with Gasteiger partial charge in [-0.3, -0.25) is 0 Å². The second-order valence-electron chi connectivity index (χ2n) is 5.36. The van der Waals surface area contributed by atoms with Crippen LogP contribution in [0.2, 0.25) is 0 Å². The highest BCUT2D eigenvalue weighted by molar-refractivity contribution is 7.89. The predicted octanol–water partition coefficient (Wildman–Crippen LogP) is 0.637. The minimum Gasteiger partial charge on any atom is -0.384 e. The van der Waals surface area contributed by atoms with E-state index in [1.165, 1.54) is 5.56 Å². The third-order valence-corrected chi connectivity index (χ3v) is 5.33. The van der Waals surface area contributed by atoms with Crippen LogP contribution in [0.4, 0.5) is 5.69 Å². The van der Waals surface area contributed by atoms with E-state index in [2.05, 4.69) is 14.9 Å². The molecule has 0 radical (unpaired) electrons. The van der Waals surface area contributed by atoms with Crippen LogP contribution in [-0.2, 0) is 16.4 Å². The SMILES string of the molecule is CN1CCC(NS(=O)(=O)c2ccc3c(c2)NCC3)C1.